The number of amides is 1. The number of carbonyl (C=O) groups excluding carboxylic acids is 2. The van der Waals surface area contributed by atoms with Crippen LogP contribution in [0.2, 0.25) is 0 Å². The second kappa shape index (κ2) is 6.49. The molecule has 0 spiro atoms. The predicted octanol–water partition coefficient (Wildman–Crippen LogP) is 3.68. The molecule has 2 aromatic heterocycles. The van der Waals surface area contributed by atoms with E-state index in [9.17, 15) is 14.0 Å². The van der Waals surface area contributed by atoms with E-state index in [1.807, 2.05) is 0 Å². The minimum absolute atomic E-state index is 0.0494. The van der Waals surface area contributed by atoms with Crippen LogP contribution in [0, 0.1) is 5.82 Å². The van der Waals surface area contributed by atoms with Crippen LogP contribution in [0.25, 0.3) is 11.3 Å². The van der Waals surface area contributed by atoms with Gasteiger partial charge in [-0.15, -0.1) is 11.3 Å². The van der Waals surface area contributed by atoms with E-state index in [-0.39, 0.29) is 17.5 Å². The molecule has 0 bridgehead atoms. The van der Waals surface area contributed by atoms with E-state index < -0.39 is 0 Å². The largest absolute Gasteiger partial charge is 0.334 e. The summed E-state index contributed by atoms with van der Waals surface area (Å²) in [5.74, 6) is -0.513. The summed E-state index contributed by atoms with van der Waals surface area (Å²) in [6, 6.07) is 8.12. The zero-order valence-corrected chi connectivity index (χ0v) is 14.9. The van der Waals surface area contributed by atoms with Crippen molar-refractivity contribution in [2.24, 2.45) is 0 Å². The van der Waals surface area contributed by atoms with Gasteiger partial charge in [-0.25, -0.2) is 4.39 Å². The highest BCUT2D eigenvalue weighted by atomic mass is 32.1. The summed E-state index contributed by atoms with van der Waals surface area (Å²) in [4.78, 5) is 26.5. The topological polar surface area (TPSA) is 66.1 Å². The van der Waals surface area contributed by atoms with Crippen LogP contribution in [0.1, 0.15) is 38.2 Å². The lowest BCUT2D eigenvalue weighted by Crippen LogP contribution is -2.35. The van der Waals surface area contributed by atoms with Crippen LogP contribution < -0.4 is 0 Å². The van der Waals surface area contributed by atoms with Crippen LogP contribution in [0.15, 0.2) is 35.7 Å². The van der Waals surface area contributed by atoms with Gasteiger partial charge in [-0.2, -0.15) is 5.10 Å². The van der Waals surface area contributed by atoms with E-state index in [0.717, 1.165) is 11.3 Å². The molecule has 0 radical (unpaired) electrons. The number of benzene rings is 1. The quantitative estimate of drug-likeness (QED) is 0.716. The van der Waals surface area contributed by atoms with Crippen molar-refractivity contribution in [1.82, 2.24) is 15.1 Å². The normalized spacial score (nSPS) is 13.5. The molecule has 4 rings (SSSR count). The van der Waals surface area contributed by atoms with Crippen molar-refractivity contribution in [2.45, 2.75) is 19.9 Å². The Morgan fingerprint density at radius 3 is 2.85 bits per heavy atom. The molecule has 0 atom stereocenters. The van der Waals surface area contributed by atoms with Crippen LogP contribution in [0.4, 0.5) is 4.39 Å². The van der Waals surface area contributed by atoms with Gasteiger partial charge in [0.15, 0.2) is 5.78 Å². The molecule has 5 nitrogen and oxygen atoms in total. The summed E-state index contributed by atoms with van der Waals surface area (Å²) in [6.45, 7) is 2.40. The molecule has 1 aromatic carbocycles. The van der Waals surface area contributed by atoms with Gasteiger partial charge in [-0.1, -0.05) is 12.1 Å². The molecule has 132 valence electrons. The van der Waals surface area contributed by atoms with E-state index in [4.69, 9.17) is 0 Å². The van der Waals surface area contributed by atoms with Crippen molar-refractivity contribution in [1.29, 1.82) is 0 Å². The Morgan fingerprint density at radius 1 is 1.31 bits per heavy atom. The van der Waals surface area contributed by atoms with Gasteiger partial charge < -0.3 is 4.90 Å². The fourth-order valence-corrected chi connectivity index (χ4v) is 3.94. The number of ketones is 1. The first kappa shape index (κ1) is 16.7. The maximum absolute atomic E-state index is 14.2. The van der Waals surface area contributed by atoms with Gasteiger partial charge in [0.2, 0.25) is 0 Å². The Labute approximate surface area is 153 Å². The number of hydrogen-bond acceptors (Lipinski definition) is 4. The van der Waals surface area contributed by atoms with Crippen LogP contribution in [-0.2, 0) is 13.0 Å². The third-order valence-electron chi connectivity index (χ3n) is 4.54. The van der Waals surface area contributed by atoms with E-state index in [2.05, 4.69) is 10.2 Å². The fraction of sp³-hybridized carbons (Fsp3) is 0.211. The maximum atomic E-state index is 14.2. The van der Waals surface area contributed by atoms with Gasteiger partial charge in [0, 0.05) is 41.7 Å². The molecule has 1 amide bonds. The number of nitrogens with zero attached hydrogens (tertiary/aromatic N) is 2. The molecule has 3 aromatic rings. The summed E-state index contributed by atoms with van der Waals surface area (Å²) in [7, 11) is 0. The molecule has 1 aliphatic rings. The Hall–Kier alpha value is -2.80. The molecule has 3 heterocycles. The molecule has 7 heteroatoms. The van der Waals surface area contributed by atoms with Crippen molar-refractivity contribution in [2.75, 3.05) is 6.54 Å². The summed E-state index contributed by atoms with van der Waals surface area (Å²) < 4.78 is 14.2. The summed E-state index contributed by atoms with van der Waals surface area (Å²) in [5.41, 5.74) is 3.26. The minimum Gasteiger partial charge on any atom is -0.334 e. The Morgan fingerprint density at radius 2 is 2.12 bits per heavy atom. The lowest BCUT2D eigenvalue weighted by molar-refractivity contribution is 0.0735. The van der Waals surface area contributed by atoms with Gasteiger partial charge in [-0.05, 0) is 25.1 Å². The number of rotatable bonds is 3. The van der Waals surface area contributed by atoms with Gasteiger partial charge in [0.25, 0.3) is 5.91 Å². The SMILES string of the molecule is CC(=O)c1cc(C(=O)N2CCc3[nH]nc(-c4ccccc4F)c3C2)cs1. The number of halogens is 1. The zero-order chi connectivity index (χ0) is 18.3. The molecular formula is C19H16FN3O2S. The molecule has 0 saturated carbocycles. The first-order valence-corrected chi connectivity index (χ1v) is 9.12. The number of carbonyl (C=O) groups is 2. The average Bonchev–Trinajstić information content (AvgIpc) is 3.28. The first-order valence-electron chi connectivity index (χ1n) is 8.24. The van der Waals surface area contributed by atoms with E-state index in [1.54, 1.807) is 34.5 Å². The molecule has 1 aliphatic heterocycles. The Bertz CT molecular complexity index is 1010. The molecule has 0 fully saturated rings. The van der Waals surface area contributed by atoms with E-state index in [0.29, 0.717) is 41.2 Å². The number of H-pyrrole nitrogens is 1. The van der Waals surface area contributed by atoms with Crippen molar-refractivity contribution in [3.05, 3.63) is 63.2 Å². The number of Topliss-reactive ketones (excluding diaryl/α,β-unsaturated/α-hetero) is 1. The number of nitrogens with one attached hydrogen (secondary N) is 1. The van der Waals surface area contributed by atoms with Crippen LogP contribution in [-0.4, -0.2) is 33.3 Å². The van der Waals surface area contributed by atoms with Crippen molar-refractivity contribution < 1.29 is 14.0 Å². The van der Waals surface area contributed by atoms with Crippen molar-refractivity contribution >= 4 is 23.0 Å². The van der Waals surface area contributed by atoms with Gasteiger partial charge >= 0.3 is 0 Å². The number of aromatic amines is 1. The molecule has 26 heavy (non-hydrogen) atoms. The summed E-state index contributed by atoms with van der Waals surface area (Å²) in [6.07, 6.45) is 0.631. The third kappa shape index (κ3) is 2.84. The van der Waals surface area contributed by atoms with E-state index in [1.165, 1.54) is 24.3 Å². The summed E-state index contributed by atoms with van der Waals surface area (Å²) >= 11 is 1.27. The zero-order valence-electron chi connectivity index (χ0n) is 14.1. The number of thiophene rings is 1. The lowest BCUT2D eigenvalue weighted by atomic mass is 10.0. The average molecular weight is 369 g/mol. The maximum Gasteiger partial charge on any atom is 0.255 e. The second-order valence-corrected chi connectivity index (χ2v) is 7.15. The number of hydrogen-bond donors (Lipinski definition) is 1. The van der Waals surface area contributed by atoms with Crippen molar-refractivity contribution in [3.8, 4) is 11.3 Å². The fourth-order valence-electron chi connectivity index (χ4n) is 3.16. The van der Waals surface area contributed by atoms with Crippen molar-refractivity contribution in [3.63, 3.8) is 0 Å². The Balaban J connectivity index is 1.63. The lowest BCUT2D eigenvalue weighted by Gasteiger charge is -2.27. The van der Waals surface area contributed by atoms with Crippen LogP contribution >= 0.6 is 11.3 Å². The summed E-state index contributed by atoms with van der Waals surface area (Å²) in [5, 5.41) is 8.96. The number of aromatic nitrogens is 2. The molecule has 0 unspecified atom stereocenters. The molecule has 1 N–H and O–H groups in total. The molecule has 0 saturated heterocycles. The first-order chi connectivity index (χ1) is 12.5. The standard InChI is InChI=1S/C19H16FN3O2S/c1-11(24)17-8-12(10-26-17)19(25)23-7-6-16-14(9-23)18(22-21-16)13-4-2-3-5-15(13)20/h2-5,8,10H,6-7,9H2,1H3,(H,21,22). The molecule has 0 aliphatic carbocycles. The third-order valence-corrected chi connectivity index (χ3v) is 5.57. The van der Waals surface area contributed by atoms with Gasteiger partial charge in [0.05, 0.1) is 10.4 Å². The second-order valence-electron chi connectivity index (χ2n) is 6.24. The number of fused-ring (bicyclic) bond motifs is 1. The highest BCUT2D eigenvalue weighted by molar-refractivity contribution is 7.12. The molecular weight excluding hydrogens is 353 g/mol. The highest BCUT2D eigenvalue weighted by Gasteiger charge is 2.27. The predicted molar refractivity (Wildman–Crippen MR) is 96.7 cm³/mol. The van der Waals surface area contributed by atoms with Gasteiger partial charge in [0.1, 0.15) is 11.5 Å². The highest BCUT2D eigenvalue weighted by Crippen LogP contribution is 2.30. The monoisotopic (exact) mass is 369 g/mol. The smallest absolute Gasteiger partial charge is 0.255 e. The van der Waals surface area contributed by atoms with E-state index >= 15 is 0 Å². The van der Waals surface area contributed by atoms with Crippen LogP contribution in [0.3, 0.4) is 0 Å². The minimum atomic E-state index is -0.339. The van der Waals surface area contributed by atoms with Crippen LogP contribution in [0.5, 0.6) is 0 Å². The Kier molecular flexibility index (Phi) is 4.16. The van der Waals surface area contributed by atoms with Gasteiger partial charge in [-0.3, -0.25) is 14.7 Å².